The van der Waals surface area contributed by atoms with Gasteiger partial charge in [-0.05, 0) is 38.0 Å². The highest BCUT2D eigenvalue weighted by Crippen LogP contribution is 2.22. The predicted molar refractivity (Wildman–Crippen MR) is 61.6 cm³/mol. The SMILES string of the molecule is C=C(C(=O)OC1CCCCC1)C(C)CC. The zero-order valence-electron chi connectivity index (χ0n) is 9.92. The second kappa shape index (κ2) is 5.94. The maximum atomic E-state index is 11.7. The van der Waals surface area contributed by atoms with E-state index in [1.165, 1.54) is 19.3 Å². The predicted octanol–water partition coefficient (Wildman–Crippen LogP) is 3.46. The van der Waals surface area contributed by atoms with Gasteiger partial charge in [0.1, 0.15) is 6.10 Å². The van der Waals surface area contributed by atoms with Gasteiger partial charge in [-0.15, -0.1) is 0 Å². The minimum absolute atomic E-state index is 0.145. The molecule has 1 rings (SSSR count). The first-order valence-corrected chi connectivity index (χ1v) is 6.05. The lowest BCUT2D eigenvalue weighted by atomic mass is 9.97. The molecule has 0 aromatic carbocycles. The molecule has 15 heavy (non-hydrogen) atoms. The van der Waals surface area contributed by atoms with Gasteiger partial charge in [0, 0.05) is 5.57 Å². The summed E-state index contributed by atoms with van der Waals surface area (Å²) in [7, 11) is 0. The molecule has 0 amide bonds. The van der Waals surface area contributed by atoms with Crippen LogP contribution in [0.1, 0.15) is 52.4 Å². The van der Waals surface area contributed by atoms with Crippen LogP contribution in [-0.4, -0.2) is 12.1 Å². The Bertz CT molecular complexity index is 227. The van der Waals surface area contributed by atoms with Gasteiger partial charge in [-0.1, -0.05) is 26.8 Å². The number of hydrogen-bond donors (Lipinski definition) is 0. The Hall–Kier alpha value is -0.790. The summed E-state index contributed by atoms with van der Waals surface area (Å²) >= 11 is 0. The lowest BCUT2D eigenvalue weighted by Gasteiger charge is -2.23. The Morgan fingerprint density at radius 3 is 2.53 bits per heavy atom. The molecule has 2 nitrogen and oxygen atoms in total. The molecule has 0 spiro atoms. The third kappa shape index (κ3) is 3.69. The van der Waals surface area contributed by atoms with Crippen LogP contribution in [0.15, 0.2) is 12.2 Å². The summed E-state index contributed by atoms with van der Waals surface area (Å²) in [6.07, 6.45) is 6.80. The largest absolute Gasteiger partial charge is 0.459 e. The number of carbonyl (C=O) groups excluding carboxylic acids is 1. The van der Waals surface area contributed by atoms with Crippen molar-refractivity contribution in [2.24, 2.45) is 5.92 Å². The summed E-state index contributed by atoms with van der Waals surface area (Å²) in [5, 5.41) is 0. The van der Waals surface area contributed by atoms with Crippen LogP contribution in [0.3, 0.4) is 0 Å². The molecule has 0 aromatic heterocycles. The van der Waals surface area contributed by atoms with Crippen LogP contribution in [0.5, 0.6) is 0 Å². The molecule has 0 bridgehead atoms. The summed E-state index contributed by atoms with van der Waals surface area (Å²) in [4.78, 5) is 11.7. The van der Waals surface area contributed by atoms with Crippen molar-refractivity contribution in [2.45, 2.75) is 58.5 Å². The van der Waals surface area contributed by atoms with Gasteiger partial charge in [0.2, 0.25) is 0 Å². The number of rotatable bonds is 4. The van der Waals surface area contributed by atoms with Crippen molar-refractivity contribution in [1.82, 2.24) is 0 Å². The fourth-order valence-electron chi connectivity index (χ4n) is 1.86. The van der Waals surface area contributed by atoms with Gasteiger partial charge in [0.05, 0.1) is 0 Å². The molecular weight excluding hydrogens is 188 g/mol. The third-order valence-electron chi connectivity index (χ3n) is 3.30. The first-order valence-electron chi connectivity index (χ1n) is 6.05. The molecule has 1 atom stereocenters. The van der Waals surface area contributed by atoms with E-state index in [2.05, 4.69) is 13.5 Å². The number of hydrogen-bond acceptors (Lipinski definition) is 2. The van der Waals surface area contributed by atoms with Crippen LogP contribution in [0, 0.1) is 5.92 Å². The maximum absolute atomic E-state index is 11.7. The summed E-state index contributed by atoms with van der Waals surface area (Å²) in [5.74, 6) is 0.0531. The molecule has 0 aromatic rings. The summed E-state index contributed by atoms with van der Waals surface area (Å²) < 4.78 is 5.44. The molecule has 1 saturated carbocycles. The number of esters is 1. The van der Waals surface area contributed by atoms with E-state index in [1.54, 1.807) is 0 Å². The van der Waals surface area contributed by atoms with E-state index in [-0.39, 0.29) is 18.0 Å². The van der Waals surface area contributed by atoms with Gasteiger partial charge in [-0.25, -0.2) is 4.79 Å². The van der Waals surface area contributed by atoms with E-state index in [1.807, 2.05) is 6.92 Å². The fraction of sp³-hybridized carbons (Fsp3) is 0.769. The first-order chi connectivity index (χ1) is 7.15. The van der Waals surface area contributed by atoms with E-state index in [0.29, 0.717) is 5.57 Å². The molecule has 0 saturated heterocycles. The molecule has 0 aliphatic heterocycles. The van der Waals surface area contributed by atoms with Gasteiger partial charge in [0.15, 0.2) is 0 Å². The van der Waals surface area contributed by atoms with Gasteiger partial charge < -0.3 is 4.74 Å². The van der Waals surface area contributed by atoms with Crippen molar-refractivity contribution < 1.29 is 9.53 Å². The minimum atomic E-state index is -0.184. The molecule has 1 fully saturated rings. The quantitative estimate of drug-likeness (QED) is 0.524. The topological polar surface area (TPSA) is 26.3 Å². The summed E-state index contributed by atoms with van der Waals surface area (Å²) in [5.41, 5.74) is 0.628. The zero-order valence-corrected chi connectivity index (χ0v) is 9.92. The van der Waals surface area contributed by atoms with Crippen LogP contribution >= 0.6 is 0 Å². The second-order valence-corrected chi connectivity index (χ2v) is 4.50. The molecule has 0 heterocycles. The molecule has 0 radical (unpaired) electrons. The van der Waals surface area contributed by atoms with Gasteiger partial charge in [-0.2, -0.15) is 0 Å². The highest BCUT2D eigenvalue weighted by molar-refractivity contribution is 5.88. The third-order valence-corrected chi connectivity index (χ3v) is 3.30. The van der Waals surface area contributed by atoms with Crippen LogP contribution in [-0.2, 0) is 9.53 Å². The Morgan fingerprint density at radius 2 is 2.00 bits per heavy atom. The van der Waals surface area contributed by atoms with E-state index < -0.39 is 0 Å². The second-order valence-electron chi connectivity index (χ2n) is 4.50. The van der Waals surface area contributed by atoms with Crippen LogP contribution in [0.25, 0.3) is 0 Å². The molecule has 1 unspecified atom stereocenters. The van der Waals surface area contributed by atoms with Crippen molar-refractivity contribution in [3.05, 3.63) is 12.2 Å². The van der Waals surface area contributed by atoms with Crippen LogP contribution < -0.4 is 0 Å². The summed E-state index contributed by atoms with van der Waals surface area (Å²) in [6, 6.07) is 0. The highest BCUT2D eigenvalue weighted by atomic mass is 16.5. The monoisotopic (exact) mass is 210 g/mol. The van der Waals surface area contributed by atoms with Crippen molar-refractivity contribution in [3.63, 3.8) is 0 Å². The van der Waals surface area contributed by atoms with Gasteiger partial charge >= 0.3 is 5.97 Å². The normalized spacial score (nSPS) is 19.6. The number of carbonyl (C=O) groups is 1. The molecule has 0 N–H and O–H groups in total. The zero-order chi connectivity index (χ0) is 11.3. The van der Waals surface area contributed by atoms with Crippen molar-refractivity contribution in [3.8, 4) is 0 Å². The molecule has 2 heteroatoms. The van der Waals surface area contributed by atoms with Crippen molar-refractivity contribution in [2.75, 3.05) is 0 Å². The van der Waals surface area contributed by atoms with Crippen LogP contribution in [0.4, 0.5) is 0 Å². The Labute approximate surface area is 92.7 Å². The van der Waals surface area contributed by atoms with Gasteiger partial charge in [0.25, 0.3) is 0 Å². The number of ether oxygens (including phenoxy) is 1. The lowest BCUT2D eigenvalue weighted by molar-refractivity contribution is -0.146. The van der Waals surface area contributed by atoms with Gasteiger partial charge in [-0.3, -0.25) is 0 Å². The average molecular weight is 210 g/mol. The lowest BCUT2D eigenvalue weighted by Crippen LogP contribution is -2.23. The molecule has 1 aliphatic carbocycles. The summed E-state index contributed by atoms with van der Waals surface area (Å²) in [6.45, 7) is 7.89. The smallest absolute Gasteiger partial charge is 0.333 e. The molecule has 1 aliphatic rings. The Balaban J connectivity index is 2.36. The highest BCUT2D eigenvalue weighted by Gasteiger charge is 2.21. The van der Waals surface area contributed by atoms with Crippen molar-refractivity contribution in [1.29, 1.82) is 0 Å². The van der Waals surface area contributed by atoms with E-state index in [4.69, 9.17) is 4.74 Å². The van der Waals surface area contributed by atoms with Crippen LogP contribution in [0.2, 0.25) is 0 Å². The first kappa shape index (κ1) is 12.3. The molecule has 86 valence electrons. The minimum Gasteiger partial charge on any atom is -0.459 e. The average Bonchev–Trinajstić information content (AvgIpc) is 2.28. The molecular formula is C13H22O2. The van der Waals surface area contributed by atoms with E-state index in [0.717, 1.165) is 19.3 Å². The fourth-order valence-corrected chi connectivity index (χ4v) is 1.86. The van der Waals surface area contributed by atoms with Crippen molar-refractivity contribution >= 4 is 5.97 Å². The standard InChI is InChI=1S/C13H22O2/c1-4-10(2)11(3)13(14)15-12-8-6-5-7-9-12/h10,12H,3-9H2,1-2H3. The van der Waals surface area contributed by atoms with E-state index >= 15 is 0 Å². The Morgan fingerprint density at radius 1 is 1.40 bits per heavy atom. The van der Waals surface area contributed by atoms with E-state index in [9.17, 15) is 4.79 Å². The maximum Gasteiger partial charge on any atom is 0.333 e. The Kier molecular flexibility index (Phi) is 4.86.